The highest BCUT2D eigenvalue weighted by molar-refractivity contribution is 7.07. The summed E-state index contributed by atoms with van der Waals surface area (Å²) in [6, 6.07) is 0.290. The van der Waals surface area contributed by atoms with Crippen molar-refractivity contribution in [2.75, 3.05) is 13.6 Å². The molecule has 0 spiro atoms. The fourth-order valence-corrected chi connectivity index (χ4v) is 1.64. The summed E-state index contributed by atoms with van der Waals surface area (Å²) in [4.78, 5) is 6.48. The van der Waals surface area contributed by atoms with Crippen LogP contribution in [0.2, 0.25) is 0 Å². The molecule has 0 saturated carbocycles. The molecule has 1 heterocycles. The number of nitrogens with zero attached hydrogens (tertiary/aromatic N) is 2. The molecule has 3 nitrogen and oxygen atoms in total. The smallest absolute Gasteiger partial charge is 0.0795 e. The average Bonchev–Trinajstić information content (AvgIpc) is 2.53. The van der Waals surface area contributed by atoms with Crippen molar-refractivity contribution < 1.29 is 0 Å². The van der Waals surface area contributed by atoms with Crippen molar-refractivity contribution in [3.63, 3.8) is 0 Å². The van der Waals surface area contributed by atoms with Crippen LogP contribution in [0.3, 0.4) is 0 Å². The molecule has 4 heteroatoms. The summed E-state index contributed by atoms with van der Waals surface area (Å²) < 4.78 is 0. The van der Waals surface area contributed by atoms with E-state index in [0.29, 0.717) is 0 Å². The van der Waals surface area contributed by atoms with Crippen molar-refractivity contribution in [1.82, 2.24) is 9.88 Å². The van der Waals surface area contributed by atoms with Crippen molar-refractivity contribution in [1.29, 1.82) is 0 Å². The Morgan fingerprint density at radius 1 is 1.69 bits per heavy atom. The van der Waals surface area contributed by atoms with Gasteiger partial charge in [-0.05, 0) is 26.9 Å². The lowest BCUT2D eigenvalue weighted by Gasteiger charge is -2.16. The molecule has 0 aliphatic carbocycles. The lowest BCUT2D eigenvalue weighted by atomic mass is 10.2. The van der Waals surface area contributed by atoms with Gasteiger partial charge in [-0.1, -0.05) is 0 Å². The van der Waals surface area contributed by atoms with Gasteiger partial charge in [-0.25, -0.2) is 4.98 Å². The Morgan fingerprint density at radius 2 is 2.46 bits per heavy atom. The fraction of sp³-hybridized carbons (Fsp3) is 0.667. The number of aromatic nitrogens is 1. The molecule has 13 heavy (non-hydrogen) atoms. The normalized spacial score (nSPS) is 13.5. The number of hydrogen-bond donors (Lipinski definition) is 1. The topological polar surface area (TPSA) is 42.1 Å². The van der Waals surface area contributed by atoms with Gasteiger partial charge in [0.05, 0.1) is 11.2 Å². The maximum Gasteiger partial charge on any atom is 0.0795 e. The standard InChI is InChI=1S/C9H17N3S/c1-8(10)3-4-12(2)5-9-6-13-7-11-9/h6-8H,3-5,10H2,1-2H3. The Morgan fingerprint density at radius 3 is 3.00 bits per heavy atom. The molecule has 0 aliphatic heterocycles. The zero-order valence-electron chi connectivity index (χ0n) is 8.23. The second kappa shape index (κ2) is 5.32. The molecule has 1 atom stereocenters. The van der Waals surface area contributed by atoms with Gasteiger partial charge in [0, 0.05) is 18.0 Å². The van der Waals surface area contributed by atoms with E-state index in [-0.39, 0.29) is 6.04 Å². The quantitative estimate of drug-likeness (QED) is 0.777. The van der Waals surface area contributed by atoms with Crippen LogP contribution < -0.4 is 5.73 Å². The zero-order valence-corrected chi connectivity index (χ0v) is 9.05. The van der Waals surface area contributed by atoms with E-state index >= 15 is 0 Å². The van der Waals surface area contributed by atoms with Crippen molar-refractivity contribution in [3.05, 3.63) is 16.6 Å². The Bertz CT molecular complexity index is 221. The molecule has 74 valence electrons. The molecular weight excluding hydrogens is 182 g/mol. The minimum Gasteiger partial charge on any atom is -0.328 e. The summed E-state index contributed by atoms with van der Waals surface area (Å²) in [7, 11) is 2.10. The molecule has 1 unspecified atom stereocenters. The second-order valence-corrected chi connectivity index (χ2v) is 4.20. The van der Waals surface area contributed by atoms with E-state index in [0.717, 1.165) is 25.2 Å². The minimum absolute atomic E-state index is 0.290. The van der Waals surface area contributed by atoms with Crippen molar-refractivity contribution in [3.8, 4) is 0 Å². The van der Waals surface area contributed by atoms with Crippen LogP contribution in [0.4, 0.5) is 0 Å². The number of thiazole rings is 1. The number of nitrogens with two attached hydrogens (primary N) is 1. The van der Waals surface area contributed by atoms with Gasteiger partial charge in [0.15, 0.2) is 0 Å². The monoisotopic (exact) mass is 199 g/mol. The highest BCUT2D eigenvalue weighted by Gasteiger charge is 2.02. The van der Waals surface area contributed by atoms with E-state index in [1.165, 1.54) is 0 Å². The largest absolute Gasteiger partial charge is 0.328 e. The van der Waals surface area contributed by atoms with Crippen molar-refractivity contribution in [2.24, 2.45) is 5.73 Å². The molecule has 1 aromatic heterocycles. The first-order valence-electron chi connectivity index (χ1n) is 4.49. The maximum absolute atomic E-state index is 5.67. The van der Waals surface area contributed by atoms with Crippen LogP contribution >= 0.6 is 11.3 Å². The molecular formula is C9H17N3S. The van der Waals surface area contributed by atoms with E-state index in [1.807, 2.05) is 12.4 Å². The fourth-order valence-electron chi connectivity index (χ4n) is 1.10. The third kappa shape index (κ3) is 4.36. The van der Waals surface area contributed by atoms with Crippen LogP contribution in [0.25, 0.3) is 0 Å². The van der Waals surface area contributed by atoms with Crippen LogP contribution in [-0.2, 0) is 6.54 Å². The predicted octanol–water partition coefficient (Wildman–Crippen LogP) is 1.31. The van der Waals surface area contributed by atoms with Crippen molar-refractivity contribution in [2.45, 2.75) is 25.9 Å². The highest BCUT2D eigenvalue weighted by atomic mass is 32.1. The van der Waals surface area contributed by atoms with Crippen LogP contribution in [0.15, 0.2) is 10.9 Å². The molecule has 1 aromatic rings. The third-order valence-electron chi connectivity index (χ3n) is 1.88. The van der Waals surface area contributed by atoms with Crippen LogP contribution in [-0.4, -0.2) is 29.5 Å². The Labute approximate surface area is 83.6 Å². The minimum atomic E-state index is 0.290. The van der Waals surface area contributed by atoms with E-state index < -0.39 is 0 Å². The lowest BCUT2D eigenvalue weighted by Crippen LogP contribution is -2.25. The zero-order chi connectivity index (χ0) is 9.68. The highest BCUT2D eigenvalue weighted by Crippen LogP contribution is 2.04. The number of hydrogen-bond acceptors (Lipinski definition) is 4. The van der Waals surface area contributed by atoms with Gasteiger partial charge in [-0.15, -0.1) is 11.3 Å². The maximum atomic E-state index is 5.67. The molecule has 1 rings (SSSR count). The van der Waals surface area contributed by atoms with Gasteiger partial charge in [-0.2, -0.15) is 0 Å². The Hall–Kier alpha value is -0.450. The van der Waals surface area contributed by atoms with Gasteiger partial charge in [0.25, 0.3) is 0 Å². The molecule has 0 amide bonds. The summed E-state index contributed by atoms with van der Waals surface area (Å²) in [5.74, 6) is 0. The Balaban J connectivity index is 2.22. The molecule has 0 saturated heterocycles. The van der Waals surface area contributed by atoms with Crippen molar-refractivity contribution >= 4 is 11.3 Å². The van der Waals surface area contributed by atoms with E-state index in [9.17, 15) is 0 Å². The van der Waals surface area contributed by atoms with Crippen LogP contribution in [0.5, 0.6) is 0 Å². The van der Waals surface area contributed by atoms with E-state index in [2.05, 4.69) is 22.3 Å². The Kier molecular flexibility index (Phi) is 4.35. The van der Waals surface area contributed by atoms with E-state index in [1.54, 1.807) is 11.3 Å². The second-order valence-electron chi connectivity index (χ2n) is 3.48. The summed E-state index contributed by atoms with van der Waals surface area (Å²) in [6.45, 7) is 4.00. The SMILES string of the molecule is CC(N)CCN(C)Cc1cscn1. The summed E-state index contributed by atoms with van der Waals surface area (Å²) >= 11 is 1.64. The molecule has 2 N–H and O–H groups in total. The predicted molar refractivity (Wildman–Crippen MR) is 56.7 cm³/mol. The van der Waals surface area contributed by atoms with Crippen LogP contribution in [0, 0.1) is 0 Å². The molecule has 0 aliphatic rings. The first-order valence-corrected chi connectivity index (χ1v) is 5.44. The van der Waals surface area contributed by atoms with Gasteiger partial charge in [-0.3, -0.25) is 0 Å². The molecule has 0 fully saturated rings. The first-order chi connectivity index (χ1) is 6.18. The van der Waals surface area contributed by atoms with Gasteiger partial charge in [0.2, 0.25) is 0 Å². The summed E-state index contributed by atoms with van der Waals surface area (Å²) in [5, 5.41) is 2.09. The molecule has 0 radical (unpaired) electrons. The van der Waals surface area contributed by atoms with E-state index in [4.69, 9.17) is 5.73 Å². The summed E-state index contributed by atoms with van der Waals surface area (Å²) in [6.07, 6.45) is 1.04. The lowest BCUT2D eigenvalue weighted by molar-refractivity contribution is 0.310. The van der Waals surface area contributed by atoms with Gasteiger partial charge in [0.1, 0.15) is 0 Å². The van der Waals surface area contributed by atoms with Crippen LogP contribution in [0.1, 0.15) is 19.0 Å². The molecule has 0 bridgehead atoms. The third-order valence-corrected chi connectivity index (χ3v) is 2.52. The molecule has 0 aromatic carbocycles. The summed E-state index contributed by atoms with van der Waals surface area (Å²) in [5.41, 5.74) is 8.69. The van der Waals surface area contributed by atoms with Gasteiger partial charge >= 0.3 is 0 Å². The average molecular weight is 199 g/mol. The first kappa shape index (κ1) is 10.6. The van der Waals surface area contributed by atoms with Gasteiger partial charge < -0.3 is 10.6 Å². The number of rotatable bonds is 5.